The van der Waals surface area contributed by atoms with Gasteiger partial charge in [0.1, 0.15) is 11.6 Å². The van der Waals surface area contributed by atoms with E-state index in [9.17, 15) is 13.6 Å². The summed E-state index contributed by atoms with van der Waals surface area (Å²) < 4.78 is 27.0. The fourth-order valence-corrected chi connectivity index (χ4v) is 3.59. The predicted octanol–water partition coefficient (Wildman–Crippen LogP) is 5.13. The molecule has 4 rings (SSSR count). The van der Waals surface area contributed by atoms with Crippen molar-refractivity contribution >= 4 is 33.3 Å². The van der Waals surface area contributed by atoms with Crippen molar-refractivity contribution in [3.63, 3.8) is 0 Å². The molecule has 0 saturated heterocycles. The maximum absolute atomic E-state index is 13.7. The van der Waals surface area contributed by atoms with E-state index in [1.807, 2.05) is 36.6 Å². The molecule has 1 amide bonds. The first kappa shape index (κ1) is 16.4. The van der Waals surface area contributed by atoms with E-state index in [1.165, 1.54) is 11.3 Å². The summed E-state index contributed by atoms with van der Waals surface area (Å²) in [4.78, 5) is 19.9. The Bertz CT molecular complexity index is 1130. The molecule has 2 heterocycles. The molecule has 4 nitrogen and oxygen atoms in total. The summed E-state index contributed by atoms with van der Waals surface area (Å²) in [6.07, 6.45) is 0. The number of amides is 1. The zero-order chi connectivity index (χ0) is 18.3. The minimum absolute atomic E-state index is 0.318. The molecule has 0 spiro atoms. The summed E-state index contributed by atoms with van der Waals surface area (Å²) >= 11 is 1.22. The van der Waals surface area contributed by atoms with Crippen molar-refractivity contribution in [3.8, 4) is 11.3 Å². The Kier molecular flexibility index (Phi) is 4.00. The number of aromatic amines is 1. The van der Waals surface area contributed by atoms with Gasteiger partial charge >= 0.3 is 0 Å². The Morgan fingerprint density at radius 1 is 1.19 bits per heavy atom. The first-order valence-corrected chi connectivity index (χ1v) is 8.70. The summed E-state index contributed by atoms with van der Waals surface area (Å²) in [5.41, 5.74) is 3.27. The highest BCUT2D eigenvalue weighted by molar-refractivity contribution is 7.14. The van der Waals surface area contributed by atoms with Crippen LogP contribution < -0.4 is 5.32 Å². The van der Waals surface area contributed by atoms with Crippen molar-refractivity contribution in [2.24, 2.45) is 0 Å². The first-order chi connectivity index (χ1) is 12.5. The molecule has 0 aliphatic heterocycles. The lowest BCUT2D eigenvalue weighted by molar-refractivity contribution is 0.102. The standard InChI is InChI=1S/C19H13F2N3OS/c1-10-17(12-4-2-3-5-15(12)22-10)16-9-26-19(23-16)24-18(25)13-8-11(20)6-7-14(13)21/h2-9,22H,1H3,(H,23,24,25). The number of anilines is 1. The van der Waals surface area contributed by atoms with E-state index in [0.717, 1.165) is 40.4 Å². The molecule has 0 unspecified atom stereocenters. The lowest BCUT2D eigenvalue weighted by Crippen LogP contribution is -2.14. The molecule has 7 heteroatoms. The fourth-order valence-electron chi connectivity index (χ4n) is 2.89. The molecule has 130 valence electrons. The molecule has 0 atom stereocenters. The van der Waals surface area contributed by atoms with E-state index < -0.39 is 17.5 Å². The maximum atomic E-state index is 13.7. The van der Waals surface area contributed by atoms with Crippen molar-refractivity contribution in [1.29, 1.82) is 0 Å². The molecule has 0 bridgehead atoms. The Morgan fingerprint density at radius 3 is 2.85 bits per heavy atom. The Hall–Kier alpha value is -3.06. The van der Waals surface area contributed by atoms with Gasteiger partial charge in [-0.2, -0.15) is 0 Å². The Labute approximate surface area is 151 Å². The van der Waals surface area contributed by atoms with Gasteiger partial charge in [-0.05, 0) is 31.2 Å². The van der Waals surface area contributed by atoms with Crippen LogP contribution in [0.1, 0.15) is 16.1 Å². The van der Waals surface area contributed by atoms with Crippen LogP contribution in [-0.2, 0) is 0 Å². The third kappa shape index (κ3) is 2.86. The number of hydrogen-bond donors (Lipinski definition) is 2. The molecule has 0 radical (unpaired) electrons. The molecule has 2 aromatic carbocycles. The second kappa shape index (κ2) is 6.34. The van der Waals surface area contributed by atoms with Gasteiger partial charge in [-0.1, -0.05) is 18.2 Å². The summed E-state index contributed by atoms with van der Waals surface area (Å²) in [7, 11) is 0. The van der Waals surface area contributed by atoms with Crippen LogP contribution in [0.15, 0.2) is 47.8 Å². The van der Waals surface area contributed by atoms with Crippen molar-refractivity contribution < 1.29 is 13.6 Å². The van der Waals surface area contributed by atoms with Crippen LogP contribution in [0.3, 0.4) is 0 Å². The number of rotatable bonds is 3. The SMILES string of the molecule is Cc1[nH]c2ccccc2c1-c1csc(NC(=O)c2cc(F)ccc2F)n1. The number of carbonyl (C=O) groups excluding carboxylic acids is 1. The number of para-hydroxylation sites is 1. The minimum atomic E-state index is -0.784. The van der Waals surface area contributed by atoms with E-state index in [4.69, 9.17) is 0 Å². The van der Waals surface area contributed by atoms with Crippen LogP contribution in [0.2, 0.25) is 0 Å². The third-order valence-electron chi connectivity index (χ3n) is 4.05. The Morgan fingerprint density at radius 2 is 2.00 bits per heavy atom. The van der Waals surface area contributed by atoms with E-state index in [0.29, 0.717) is 10.8 Å². The summed E-state index contributed by atoms with van der Waals surface area (Å²) in [5, 5.41) is 5.70. The van der Waals surface area contributed by atoms with Gasteiger partial charge in [-0.25, -0.2) is 13.8 Å². The number of aromatic nitrogens is 2. The average molecular weight is 369 g/mol. The number of hydrogen-bond acceptors (Lipinski definition) is 3. The van der Waals surface area contributed by atoms with Gasteiger partial charge in [0, 0.05) is 27.5 Å². The number of nitrogens with one attached hydrogen (secondary N) is 2. The van der Waals surface area contributed by atoms with E-state index in [1.54, 1.807) is 0 Å². The second-order valence-electron chi connectivity index (χ2n) is 5.79. The topological polar surface area (TPSA) is 57.8 Å². The predicted molar refractivity (Wildman–Crippen MR) is 98.5 cm³/mol. The zero-order valence-electron chi connectivity index (χ0n) is 13.6. The van der Waals surface area contributed by atoms with Crippen LogP contribution in [0.4, 0.5) is 13.9 Å². The van der Waals surface area contributed by atoms with Crippen molar-refractivity contribution in [2.45, 2.75) is 6.92 Å². The third-order valence-corrected chi connectivity index (χ3v) is 4.81. The minimum Gasteiger partial charge on any atom is -0.358 e. The van der Waals surface area contributed by atoms with Gasteiger partial charge in [0.15, 0.2) is 5.13 Å². The maximum Gasteiger partial charge on any atom is 0.260 e. The van der Waals surface area contributed by atoms with Gasteiger partial charge in [-0.15, -0.1) is 11.3 Å². The molecular formula is C19H13F2N3OS. The average Bonchev–Trinajstić information content (AvgIpc) is 3.19. The number of nitrogens with zero attached hydrogens (tertiary/aromatic N) is 1. The number of aryl methyl sites for hydroxylation is 1. The quantitative estimate of drug-likeness (QED) is 0.526. The lowest BCUT2D eigenvalue weighted by Gasteiger charge is -2.03. The first-order valence-electron chi connectivity index (χ1n) is 7.82. The van der Waals surface area contributed by atoms with Gasteiger partial charge in [0.2, 0.25) is 0 Å². The highest BCUT2D eigenvalue weighted by Crippen LogP contribution is 2.34. The van der Waals surface area contributed by atoms with E-state index in [2.05, 4.69) is 15.3 Å². The van der Waals surface area contributed by atoms with Crippen LogP contribution in [-0.4, -0.2) is 15.9 Å². The van der Waals surface area contributed by atoms with Crippen LogP contribution in [0, 0.1) is 18.6 Å². The number of benzene rings is 2. The highest BCUT2D eigenvalue weighted by atomic mass is 32.1. The van der Waals surface area contributed by atoms with Crippen molar-refractivity contribution in [3.05, 3.63) is 70.7 Å². The second-order valence-corrected chi connectivity index (χ2v) is 6.64. The van der Waals surface area contributed by atoms with E-state index in [-0.39, 0.29) is 5.56 Å². The largest absolute Gasteiger partial charge is 0.358 e. The van der Waals surface area contributed by atoms with Gasteiger partial charge in [-0.3, -0.25) is 10.1 Å². The van der Waals surface area contributed by atoms with Crippen molar-refractivity contribution in [1.82, 2.24) is 9.97 Å². The zero-order valence-corrected chi connectivity index (χ0v) is 14.5. The summed E-state index contributed by atoms with van der Waals surface area (Å²) in [6.45, 7) is 1.95. The fraction of sp³-hybridized carbons (Fsp3) is 0.0526. The molecular weight excluding hydrogens is 356 g/mol. The molecule has 0 aliphatic rings. The number of carbonyl (C=O) groups is 1. The monoisotopic (exact) mass is 369 g/mol. The number of H-pyrrole nitrogens is 1. The van der Waals surface area contributed by atoms with Crippen LogP contribution >= 0.6 is 11.3 Å². The number of thiazole rings is 1. The molecule has 0 aliphatic carbocycles. The summed E-state index contributed by atoms with van der Waals surface area (Å²) in [6, 6.07) is 10.6. The number of fused-ring (bicyclic) bond motifs is 1. The van der Waals surface area contributed by atoms with Crippen LogP contribution in [0.25, 0.3) is 22.2 Å². The Balaban J connectivity index is 1.65. The lowest BCUT2D eigenvalue weighted by atomic mass is 10.1. The number of halogens is 2. The molecule has 0 saturated carbocycles. The smallest absolute Gasteiger partial charge is 0.260 e. The molecule has 2 aromatic heterocycles. The van der Waals surface area contributed by atoms with E-state index >= 15 is 0 Å². The highest BCUT2D eigenvalue weighted by Gasteiger charge is 2.17. The summed E-state index contributed by atoms with van der Waals surface area (Å²) in [5.74, 6) is -2.20. The molecule has 0 fully saturated rings. The molecule has 26 heavy (non-hydrogen) atoms. The van der Waals surface area contributed by atoms with Gasteiger partial charge < -0.3 is 4.98 Å². The van der Waals surface area contributed by atoms with Gasteiger partial charge in [0.25, 0.3) is 5.91 Å². The molecule has 4 aromatic rings. The normalized spacial score (nSPS) is 11.0. The molecule has 2 N–H and O–H groups in total. The van der Waals surface area contributed by atoms with Crippen LogP contribution in [0.5, 0.6) is 0 Å². The van der Waals surface area contributed by atoms with Crippen molar-refractivity contribution in [2.75, 3.05) is 5.32 Å². The van der Waals surface area contributed by atoms with Gasteiger partial charge in [0.05, 0.1) is 11.3 Å².